The lowest BCUT2D eigenvalue weighted by atomic mass is 10.1. The van der Waals surface area contributed by atoms with E-state index in [-0.39, 0.29) is 36.2 Å². The first-order valence-electron chi connectivity index (χ1n) is 19.9. The number of hydrogen-bond donors (Lipinski definition) is 1. The van der Waals surface area contributed by atoms with Crippen molar-refractivity contribution >= 4 is 17.9 Å². The number of allylic oxidation sites excluding steroid dienone is 10. The Labute approximate surface area is 311 Å². The number of aliphatic carboxylic acids is 1. The fourth-order valence-electron chi connectivity index (χ4n) is 5.42. The molecule has 8 nitrogen and oxygen atoms in total. The number of carbonyl (C=O) groups excluding carboxylic acids is 2. The molecule has 0 aliphatic rings. The summed E-state index contributed by atoms with van der Waals surface area (Å²) < 4.78 is 17.2. The second kappa shape index (κ2) is 34.1. The molecule has 0 bridgehead atoms. The van der Waals surface area contributed by atoms with Gasteiger partial charge in [-0.3, -0.25) is 9.59 Å². The van der Waals surface area contributed by atoms with Crippen molar-refractivity contribution in [2.24, 2.45) is 0 Å². The summed E-state index contributed by atoms with van der Waals surface area (Å²) in [7, 11) is 5.50. The second-order valence-electron chi connectivity index (χ2n) is 14.2. The molecule has 2 unspecified atom stereocenters. The Morgan fingerprint density at radius 1 is 0.608 bits per heavy atom. The highest BCUT2D eigenvalue weighted by atomic mass is 16.6. The van der Waals surface area contributed by atoms with Gasteiger partial charge in [-0.2, -0.15) is 0 Å². The minimum atomic E-state index is -0.883. The maximum Gasteiger partial charge on any atom is 0.362 e. The molecule has 0 saturated carbocycles. The summed E-state index contributed by atoms with van der Waals surface area (Å²) in [4.78, 5) is 36.8. The van der Waals surface area contributed by atoms with E-state index in [0.29, 0.717) is 19.3 Å². The summed E-state index contributed by atoms with van der Waals surface area (Å²) in [6.07, 6.45) is 39.7. The Balaban J connectivity index is 4.45. The number of hydrogen-bond acceptors (Lipinski definition) is 6. The molecule has 2 atom stereocenters. The number of quaternary nitrogens is 1. The van der Waals surface area contributed by atoms with Crippen LogP contribution in [0.25, 0.3) is 0 Å². The summed E-state index contributed by atoms with van der Waals surface area (Å²) in [5.41, 5.74) is 0. The predicted octanol–water partition coefficient (Wildman–Crippen LogP) is 10.2. The van der Waals surface area contributed by atoms with Crippen molar-refractivity contribution in [2.45, 2.75) is 154 Å². The van der Waals surface area contributed by atoms with Crippen LogP contribution in [-0.2, 0) is 28.6 Å². The topological polar surface area (TPSA) is 99.1 Å². The number of carboxylic acids is 1. The smallest absolute Gasteiger partial charge is 0.362 e. The lowest BCUT2D eigenvalue weighted by Gasteiger charge is -2.31. The van der Waals surface area contributed by atoms with Gasteiger partial charge in [-0.25, -0.2) is 4.79 Å². The summed E-state index contributed by atoms with van der Waals surface area (Å²) >= 11 is 0. The average Bonchev–Trinajstić information content (AvgIpc) is 3.08. The second-order valence-corrected chi connectivity index (χ2v) is 14.2. The van der Waals surface area contributed by atoms with E-state index in [1.807, 2.05) is 27.2 Å². The number of ether oxygens (including phenoxy) is 3. The minimum absolute atomic E-state index is 0.0484. The lowest BCUT2D eigenvalue weighted by Crippen LogP contribution is -2.50. The summed E-state index contributed by atoms with van der Waals surface area (Å²) in [6.45, 7) is 4.44. The predicted molar refractivity (Wildman–Crippen MR) is 211 cm³/mol. The highest BCUT2D eigenvalue weighted by Gasteiger charge is 2.31. The molecule has 51 heavy (non-hydrogen) atoms. The number of nitrogens with zero attached hydrogens (tertiary/aromatic N) is 1. The Morgan fingerprint density at radius 3 is 1.73 bits per heavy atom. The monoisotopic (exact) mass is 717 g/mol. The van der Waals surface area contributed by atoms with Crippen LogP contribution in [-0.4, -0.2) is 80.6 Å². The molecule has 8 heteroatoms. The van der Waals surface area contributed by atoms with Gasteiger partial charge in [0.25, 0.3) is 0 Å². The SMILES string of the molecule is CC/C=C/C=C/C=C/CCCCCCCC(=O)OCC(COCCC(C(=O)O)[N+](C)(C)C)OC(=O)CCCCCCCCC/C=C/C/C=C/CC. The molecule has 0 aliphatic carbocycles. The fourth-order valence-corrected chi connectivity index (χ4v) is 5.42. The van der Waals surface area contributed by atoms with Gasteiger partial charge in [0.2, 0.25) is 0 Å². The molecule has 0 spiro atoms. The van der Waals surface area contributed by atoms with E-state index in [2.05, 4.69) is 68.5 Å². The standard InChI is InChI=1S/C43H73NO7/c1-6-8-10-12-14-16-18-20-22-24-26-28-30-32-34-42(46)51-39(37-49-36-35-40(43(47)48)44(3,4)5)38-50-41(45)33-31-29-27-25-23-21-19-17-15-13-11-9-7-2/h8-11,13-17,19,39-40H,6-7,12,18,20-38H2,1-5H3/p+1/b10-8+,11-9+,15-13+,16-14+,19-17+. The molecule has 0 aromatic rings. The number of carbonyl (C=O) groups is 3. The van der Waals surface area contributed by atoms with Crippen LogP contribution in [0.3, 0.4) is 0 Å². The number of esters is 2. The third kappa shape index (κ3) is 32.7. The van der Waals surface area contributed by atoms with Gasteiger partial charge in [0.05, 0.1) is 34.4 Å². The van der Waals surface area contributed by atoms with Crippen LogP contribution >= 0.6 is 0 Å². The summed E-state index contributed by atoms with van der Waals surface area (Å²) in [5, 5.41) is 9.59. The van der Waals surface area contributed by atoms with E-state index in [1.165, 1.54) is 25.7 Å². The Morgan fingerprint density at radius 2 is 1.14 bits per heavy atom. The third-order valence-electron chi connectivity index (χ3n) is 8.47. The molecule has 292 valence electrons. The van der Waals surface area contributed by atoms with Gasteiger partial charge in [0.15, 0.2) is 12.1 Å². The molecule has 0 heterocycles. The number of likely N-dealkylation sites (N-methyl/N-ethyl adjacent to an activating group) is 1. The van der Waals surface area contributed by atoms with Crippen LogP contribution < -0.4 is 0 Å². The van der Waals surface area contributed by atoms with Gasteiger partial charge in [-0.1, -0.05) is 126 Å². The normalized spacial score (nSPS) is 13.7. The van der Waals surface area contributed by atoms with E-state index in [9.17, 15) is 19.5 Å². The molecule has 0 aromatic heterocycles. The Kier molecular flexibility index (Phi) is 32.1. The first-order chi connectivity index (χ1) is 24.6. The Hall–Kier alpha value is -2.97. The van der Waals surface area contributed by atoms with Crippen molar-refractivity contribution < 1.29 is 38.2 Å². The van der Waals surface area contributed by atoms with Gasteiger partial charge in [0, 0.05) is 19.3 Å². The van der Waals surface area contributed by atoms with Crippen molar-refractivity contribution in [3.05, 3.63) is 60.8 Å². The number of carboxylic acid groups (broad SMARTS) is 1. The third-order valence-corrected chi connectivity index (χ3v) is 8.47. The summed E-state index contributed by atoms with van der Waals surface area (Å²) in [6, 6.07) is -0.620. The van der Waals surface area contributed by atoms with Gasteiger partial charge in [-0.15, -0.1) is 0 Å². The zero-order valence-electron chi connectivity index (χ0n) is 33.0. The minimum Gasteiger partial charge on any atom is -0.477 e. The molecule has 0 fully saturated rings. The fraction of sp³-hybridized carbons (Fsp3) is 0.698. The van der Waals surface area contributed by atoms with E-state index >= 15 is 0 Å². The van der Waals surface area contributed by atoms with E-state index in [1.54, 1.807) is 0 Å². The maximum atomic E-state index is 12.7. The zero-order valence-corrected chi connectivity index (χ0v) is 33.0. The number of rotatable bonds is 34. The van der Waals surface area contributed by atoms with Crippen LogP contribution in [0.2, 0.25) is 0 Å². The first kappa shape index (κ1) is 48.0. The van der Waals surface area contributed by atoms with Crippen LogP contribution in [0, 0.1) is 0 Å². The quantitative estimate of drug-likeness (QED) is 0.0233. The van der Waals surface area contributed by atoms with Crippen molar-refractivity contribution in [3.8, 4) is 0 Å². The molecule has 0 radical (unpaired) electrons. The molecule has 0 aromatic carbocycles. The average molecular weight is 717 g/mol. The van der Waals surface area contributed by atoms with Gasteiger partial charge in [0.1, 0.15) is 6.61 Å². The molecule has 0 rings (SSSR count). The van der Waals surface area contributed by atoms with Gasteiger partial charge >= 0.3 is 17.9 Å². The molecule has 0 saturated heterocycles. The van der Waals surface area contributed by atoms with Crippen LogP contribution in [0.15, 0.2) is 60.8 Å². The van der Waals surface area contributed by atoms with Gasteiger partial charge < -0.3 is 23.8 Å². The van der Waals surface area contributed by atoms with E-state index in [4.69, 9.17) is 14.2 Å². The van der Waals surface area contributed by atoms with Crippen molar-refractivity contribution in [2.75, 3.05) is 41.0 Å². The van der Waals surface area contributed by atoms with Crippen molar-refractivity contribution in [1.29, 1.82) is 0 Å². The lowest BCUT2D eigenvalue weighted by molar-refractivity contribution is -0.887. The highest BCUT2D eigenvalue weighted by Crippen LogP contribution is 2.13. The van der Waals surface area contributed by atoms with Crippen LogP contribution in [0.5, 0.6) is 0 Å². The zero-order chi connectivity index (χ0) is 37.8. The molecule has 0 aliphatic heterocycles. The summed E-state index contributed by atoms with van der Waals surface area (Å²) in [5.74, 6) is -1.51. The van der Waals surface area contributed by atoms with Gasteiger partial charge in [-0.05, 0) is 57.8 Å². The van der Waals surface area contributed by atoms with Crippen molar-refractivity contribution in [3.63, 3.8) is 0 Å². The van der Waals surface area contributed by atoms with Crippen LogP contribution in [0.1, 0.15) is 142 Å². The molecular weight excluding hydrogens is 642 g/mol. The largest absolute Gasteiger partial charge is 0.477 e. The van der Waals surface area contributed by atoms with Crippen LogP contribution in [0.4, 0.5) is 0 Å². The Bertz CT molecular complexity index is 1020. The highest BCUT2D eigenvalue weighted by molar-refractivity contribution is 5.72. The van der Waals surface area contributed by atoms with E-state index in [0.717, 1.165) is 83.5 Å². The van der Waals surface area contributed by atoms with Crippen molar-refractivity contribution in [1.82, 2.24) is 0 Å². The first-order valence-corrected chi connectivity index (χ1v) is 19.9. The maximum absolute atomic E-state index is 12.7. The number of unbranched alkanes of at least 4 members (excludes halogenated alkanes) is 12. The molecule has 1 N–H and O–H groups in total. The molecular formula is C43H74NO7+. The molecule has 0 amide bonds. The van der Waals surface area contributed by atoms with E-state index < -0.39 is 18.1 Å².